The van der Waals surface area contributed by atoms with Gasteiger partial charge < -0.3 is 25.0 Å². The van der Waals surface area contributed by atoms with Crippen molar-refractivity contribution in [1.29, 1.82) is 5.26 Å². The third-order valence-corrected chi connectivity index (χ3v) is 7.06. The smallest absolute Gasteiger partial charge is 0.223 e. The number of azide groups is 1. The quantitative estimate of drug-likeness (QED) is 0.101. The van der Waals surface area contributed by atoms with Crippen LogP contribution in [0.2, 0.25) is 0 Å². The lowest BCUT2D eigenvalue weighted by atomic mass is 9.80. The molecule has 3 N–H and O–H groups in total. The van der Waals surface area contributed by atoms with Crippen molar-refractivity contribution in [2.75, 3.05) is 26.9 Å². The summed E-state index contributed by atoms with van der Waals surface area (Å²) in [5, 5.41) is 36.3. The highest BCUT2D eigenvalue weighted by molar-refractivity contribution is 5.79. The number of benzene rings is 1. The number of hydrogen-bond acceptors (Lipinski definition) is 7. The minimum absolute atomic E-state index is 0.0394. The van der Waals surface area contributed by atoms with Crippen LogP contribution in [0.3, 0.4) is 0 Å². The second kappa shape index (κ2) is 16.9. The van der Waals surface area contributed by atoms with Crippen LogP contribution in [0.1, 0.15) is 66.4 Å². The largest absolute Gasteiger partial charge is 0.493 e. The number of rotatable bonds is 18. The molecular formula is C29H47N5O5. The molecule has 0 spiro atoms. The summed E-state index contributed by atoms with van der Waals surface area (Å²) >= 11 is 0. The lowest BCUT2D eigenvalue weighted by Gasteiger charge is -2.30. The van der Waals surface area contributed by atoms with Gasteiger partial charge >= 0.3 is 0 Å². The Hall–Kier alpha value is -2.99. The summed E-state index contributed by atoms with van der Waals surface area (Å²) in [4.78, 5) is 15.9. The first-order valence-electron chi connectivity index (χ1n) is 13.7. The zero-order valence-corrected chi connectivity index (χ0v) is 24.6. The van der Waals surface area contributed by atoms with Gasteiger partial charge in [0.05, 0.1) is 37.3 Å². The molecule has 4 atom stereocenters. The van der Waals surface area contributed by atoms with Crippen molar-refractivity contribution in [3.05, 3.63) is 34.2 Å². The molecule has 218 valence electrons. The zero-order chi connectivity index (χ0) is 29.6. The molecule has 0 bridgehead atoms. The molecule has 0 aromatic heterocycles. The van der Waals surface area contributed by atoms with Gasteiger partial charge in [-0.25, -0.2) is 0 Å². The fourth-order valence-electron chi connectivity index (χ4n) is 4.34. The highest BCUT2D eigenvalue weighted by atomic mass is 16.5. The fraction of sp³-hybridized carbons (Fsp3) is 0.724. The molecule has 10 nitrogen and oxygen atoms in total. The molecule has 1 unspecified atom stereocenters. The van der Waals surface area contributed by atoms with E-state index in [9.17, 15) is 20.7 Å². The first-order valence-corrected chi connectivity index (χ1v) is 13.7. The number of aliphatic hydroxyl groups excluding tert-OH is 2. The summed E-state index contributed by atoms with van der Waals surface area (Å²) in [5.74, 6) is 0.742. The predicted octanol–water partition coefficient (Wildman–Crippen LogP) is 5.03. The molecule has 39 heavy (non-hydrogen) atoms. The van der Waals surface area contributed by atoms with Crippen molar-refractivity contribution in [1.82, 2.24) is 5.32 Å². The number of methoxy groups -OCH3 is 1. The molecule has 10 heteroatoms. The van der Waals surface area contributed by atoms with Crippen LogP contribution in [0, 0.1) is 40.4 Å². The molecule has 1 amide bonds. The summed E-state index contributed by atoms with van der Waals surface area (Å²) in [5.41, 5.74) is 9.59. The number of hydrogen-bond donors (Lipinski definition) is 3. The van der Waals surface area contributed by atoms with Crippen molar-refractivity contribution in [3.8, 4) is 17.6 Å². The predicted molar refractivity (Wildman–Crippen MR) is 151 cm³/mol. The standard InChI is InChI=1S/C29H47N5O5/c1-19(2)22(13-21-9-10-26(38-7)27(14-21)39-12-8-11-35)15-24(33-34-31)25(36)16-23(20(3)4)28(37)32-18-29(5,6)17-30/h9-10,14,19-20,22-25,35-36H,8,11-13,15-16,18H2,1-7H3,(H,32,37)/t22-,23?,24-,25-/m0/s1. The summed E-state index contributed by atoms with van der Waals surface area (Å²) in [7, 11) is 1.58. The fourth-order valence-corrected chi connectivity index (χ4v) is 4.34. The number of aliphatic hydroxyl groups is 2. The molecule has 0 aliphatic heterocycles. The van der Waals surface area contributed by atoms with Crippen LogP contribution in [-0.4, -0.2) is 55.1 Å². The Kier molecular flexibility index (Phi) is 14.7. The van der Waals surface area contributed by atoms with Gasteiger partial charge in [0.1, 0.15) is 0 Å². The Morgan fingerprint density at radius 1 is 1.21 bits per heavy atom. The van der Waals surface area contributed by atoms with Gasteiger partial charge in [0.25, 0.3) is 0 Å². The van der Waals surface area contributed by atoms with E-state index in [1.807, 2.05) is 32.0 Å². The number of amides is 1. The van der Waals surface area contributed by atoms with Crippen molar-refractivity contribution in [2.45, 2.75) is 79.4 Å². The average molecular weight is 546 g/mol. The monoisotopic (exact) mass is 545 g/mol. The van der Waals surface area contributed by atoms with Gasteiger partial charge in [-0.15, -0.1) is 0 Å². The van der Waals surface area contributed by atoms with E-state index in [1.165, 1.54) is 0 Å². The number of nitrogens with one attached hydrogen (secondary N) is 1. The van der Waals surface area contributed by atoms with E-state index < -0.39 is 23.5 Å². The number of carbonyl (C=O) groups is 1. The normalized spacial score (nSPS) is 14.6. The molecule has 1 rings (SSSR count). The highest BCUT2D eigenvalue weighted by Crippen LogP contribution is 2.32. The van der Waals surface area contributed by atoms with E-state index in [1.54, 1.807) is 21.0 Å². The van der Waals surface area contributed by atoms with Gasteiger partial charge in [-0.1, -0.05) is 38.9 Å². The number of ether oxygens (including phenoxy) is 2. The van der Waals surface area contributed by atoms with Crippen LogP contribution in [0.4, 0.5) is 0 Å². The van der Waals surface area contributed by atoms with Crippen LogP contribution in [0.15, 0.2) is 23.3 Å². The van der Waals surface area contributed by atoms with Gasteiger partial charge in [-0.2, -0.15) is 5.26 Å². The van der Waals surface area contributed by atoms with Crippen LogP contribution < -0.4 is 14.8 Å². The number of nitrogens with zero attached hydrogens (tertiary/aromatic N) is 4. The third-order valence-electron chi connectivity index (χ3n) is 7.06. The molecule has 0 fully saturated rings. The molecule has 0 saturated carbocycles. The second-order valence-electron chi connectivity index (χ2n) is 11.5. The van der Waals surface area contributed by atoms with Gasteiger partial charge in [0, 0.05) is 30.4 Å². The molecule has 0 aliphatic carbocycles. The Morgan fingerprint density at radius 3 is 2.44 bits per heavy atom. The molecule has 0 saturated heterocycles. The Balaban J connectivity index is 3.05. The maximum Gasteiger partial charge on any atom is 0.223 e. The van der Waals surface area contributed by atoms with Gasteiger partial charge in [0.2, 0.25) is 5.91 Å². The molecule has 0 radical (unpaired) electrons. The Labute approximate surface area is 233 Å². The number of carbonyl (C=O) groups excluding carboxylic acids is 1. The first kappa shape index (κ1) is 34.0. The second-order valence-corrected chi connectivity index (χ2v) is 11.5. The minimum atomic E-state index is -1.00. The average Bonchev–Trinajstić information content (AvgIpc) is 2.89. The Bertz CT molecular complexity index is 985. The van der Waals surface area contributed by atoms with Gasteiger partial charge in [-0.05, 0) is 74.1 Å². The van der Waals surface area contributed by atoms with E-state index in [-0.39, 0.29) is 43.2 Å². The van der Waals surface area contributed by atoms with Crippen molar-refractivity contribution >= 4 is 5.91 Å². The van der Waals surface area contributed by atoms with Gasteiger partial charge in [-0.3, -0.25) is 4.79 Å². The summed E-state index contributed by atoms with van der Waals surface area (Å²) in [6.07, 6.45) is 0.774. The van der Waals surface area contributed by atoms with E-state index in [0.717, 1.165) is 5.56 Å². The van der Waals surface area contributed by atoms with Crippen molar-refractivity contribution in [2.24, 2.45) is 34.2 Å². The van der Waals surface area contributed by atoms with E-state index in [4.69, 9.17) is 14.6 Å². The summed E-state index contributed by atoms with van der Waals surface area (Å²) < 4.78 is 11.2. The zero-order valence-electron chi connectivity index (χ0n) is 24.6. The molecule has 0 heterocycles. The first-order chi connectivity index (χ1) is 18.4. The van der Waals surface area contributed by atoms with E-state index >= 15 is 0 Å². The summed E-state index contributed by atoms with van der Waals surface area (Å²) in [6, 6.07) is 7.20. The van der Waals surface area contributed by atoms with Crippen LogP contribution in [-0.2, 0) is 11.2 Å². The molecular weight excluding hydrogens is 498 g/mol. The van der Waals surface area contributed by atoms with Crippen LogP contribution in [0.5, 0.6) is 11.5 Å². The highest BCUT2D eigenvalue weighted by Gasteiger charge is 2.32. The Morgan fingerprint density at radius 2 is 1.90 bits per heavy atom. The molecule has 0 aliphatic rings. The third kappa shape index (κ3) is 11.7. The van der Waals surface area contributed by atoms with Gasteiger partial charge in [0.15, 0.2) is 11.5 Å². The van der Waals surface area contributed by atoms with E-state index in [0.29, 0.717) is 37.4 Å². The molecule has 1 aromatic rings. The summed E-state index contributed by atoms with van der Waals surface area (Å²) in [6.45, 7) is 12.1. The lowest BCUT2D eigenvalue weighted by Crippen LogP contribution is -2.41. The van der Waals surface area contributed by atoms with Crippen molar-refractivity contribution < 1.29 is 24.5 Å². The maximum atomic E-state index is 12.9. The van der Waals surface area contributed by atoms with Crippen molar-refractivity contribution in [3.63, 3.8) is 0 Å². The van der Waals surface area contributed by atoms with Crippen LogP contribution in [0.25, 0.3) is 10.4 Å². The number of nitriles is 1. The van der Waals surface area contributed by atoms with E-state index in [2.05, 4.69) is 35.3 Å². The lowest BCUT2D eigenvalue weighted by molar-refractivity contribution is -0.128. The van der Waals surface area contributed by atoms with Crippen LogP contribution >= 0.6 is 0 Å². The minimum Gasteiger partial charge on any atom is -0.493 e. The topological polar surface area (TPSA) is 161 Å². The SMILES string of the molecule is COc1ccc(C[C@@H](C[C@H](N=[N+]=[N-])[C@@H](O)CC(C(=O)NCC(C)(C)C#N)C(C)C)C(C)C)cc1OCCCO. The molecule has 1 aromatic carbocycles. The maximum absolute atomic E-state index is 12.9.